The van der Waals surface area contributed by atoms with Crippen LogP contribution in [0.3, 0.4) is 0 Å². The molecule has 2 aromatic carbocycles. The molecule has 2 fully saturated rings. The van der Waals surface area contributed by atoms with E-state index in [-0.39, 0.29) is 12.1 Å². The molecule has 2 saturated heterocycles. The van der Waals surface area contributed by atoms with Crippen molar-refractivity contribution in [2.24, 2.45) is 0 Å². The fourth-order valence-electron chi connectivity index (χ4n) is 6.43. The van der Waals surface area contributed by atoms with Gasteiger partial charge in [0.05, 0.1) is 89.7 Å². The molecule has 0 aliphatic carbocycles. The molecule has 4 aliphatic heterocycles. The highest BCUT2D eigenvalue weighted by Gasteiger charge is 2.33. The van der Waals surface area contributed by atoms with E-state index in [1.54, 1.807) is 0 Å². The third-order valence-corrected chi connectivity index (χ3v) is 8.93. The summed E-state index contributed by atoms with van der Waals surface area (Å²) in [6, 6.07) is 21.7. The van der Waals surface area contributed by atoms with Crippen LogP contribution in [0.5, 0.6) is 0 Å². The molecule has 258 valence electrons. The molecule has 0 radical (unpaired) electrons. The Hall–Kier alpha value is -3.32. The minimum Gasteiger partial charge on any atom is -0.378 e. The number of rotatable bonds is 2. The topological polar surface area (TPSA) is 91.5 Å². The minimum absolute atomic E-state index is 0.0986. The van der Waals surface area contributed by atoms with E-state index in [9.17, 15) is 0 Å². The lowest BCUT2D eigenvalue weighted by atomic mass is 9.92. The summed E-state index contributed by atoms with van der Waals surface area (Å²) in [4.78, 5) is 5.03. The minimum atomic E-state index is 0.0986. The highest BCUT2D eigenvalue weighted by Crippen LogP contribution is 2.36. The van der Waals surface area contributed by atoms with Crippen LogP contribution in [0.2, 0.25) is 0 Å². The van der Waals surface area contributed by atoms with Crippen LogP contribution in [0.4, 0.5) is 0 Å². The maximum atomic E-state index is 5.87. The Morgan fingerprint density at radius 3 is 1.23 bits per heavy atom. The van der Waals surface area contributed by atoms with Crippen molar-refractivity contribution in [3.05, 3.63) is 107 Å². The fourth-order valence-corrected chi connectivity index (χ4v) is 6.43. The highest BCUT2D eigenvalue weighted by molar-refractivity contribution is 5.80. The first-order valence-corrected chi connectivity index (χ1v) is 17.5. The monoisotopic (exact) mass is 656 g/mol. The molecule has 10 nitrogen and oxygen atoms in total. The van der Waals surface area contributed by atoms with Gasteiger partial charge in [-0.1, -0.05) is 72.8 Å². The highest BCUT2D eigenvalue weighted by atomic mass is 16.5. The van der Waals surface area contributed by atoms with Gasteiger partial charge in [-0.3, -0.25) is 10.6 Å². The second-order valence-corrected chi connectivity index (χ2v) is 12.3. The van der Waals surface area contributed by atoms with Crippen LogP contribution >= 0.6 is 0 Å². The smallest absolute Gasteiger partial charge is 0.0701 e. The van der Waals surface area contributed by atoms with Crippen LogP contribution in [0.25, 0.3) is 11.1 Å². The van der Waals surface area contributed by atoms with Gasteiger partial charge in [-0.2, -0.15) is 0 Å². The Labute approximate surface area is 285 Å². The van der Waals surface area contributed by atoms with Gasteiger partial charge in [0, 0.05) is 39.3 Å². The summed E-state index contributed by atoms with van der Waals surface area (Å²) in [5.74, 6) is 0. The maximum absolute atomic E-state index is 5.87. The number of ether oxygens (including phenoxy) is 4. The summed E-state index contributed by atoms with van der Waals surface area (Å²) in [5, 5.41) is 14.8. The summed E-state index contributed by atoms with van der Waals surface area (Å²) < 4.78 is 23.5. The first-order valence-electron chi connectivity index (χ1n) is 17.5. The van der Waals surface area contributed by atoms with Gasteiger partial charge in [0.15, 0.2) is 0 Å². The number of nitrogens with one attached hydrogen (secondary N) is 4. The Kier molecular flexibility index (Phi) is 13.7. The summed E-state index contributed by atoms with van der Waals surface area (Å²) in [7, 11) is 0. The van der Waals surface area contributed by atoms with Crippen molar-refractivity contribution in [1.82, 2.24) is 31.1 Å². The lowest BCUT2D eigenvalue weighted by molar-refractivity contribution is 0.0464. The number of allylic oxidation sites excluding steroid dienone is 4. The molecule has 0 aromatic heterocycles. The Balaban J connectivity index is 1.44. The van der Waals surface area contributed by atoms with Crippen LogP contribution in [0.15, 0.2) is 96.4 Å². The van der Waals surface area contributed by atoms with Gasteiger partial charge in [-0.05, 0) is 34.4 Å². The van der Waals surface area contributed by atoms with Gasteiger partial charge >= 0.3 is 0 Å². The van der Waals surface area contributed by atoms with E-state index in [0.29, 0.717) is 66.2 Å². The summed E-state index contributed by atoms with van der Waals surface area (Å²) >= 11 is 0. The maximum Gasteiger partial charge on any atom is 0.0701 e. The van der Waals surface area contributed by atoms with E-state index in [2.05, 4.69) is 116 Å². The lowest BCUT2D eigenvalue weighted by Gasteiger charge is -2.44. The van der Waals surface area contributed by atoms with Crippen LogP contribution in [-0.2, 0) is 18.9 Å². The van der Waals surface area contributed by atoms with Gasteiger partial charge in [0.2, 0.25) is 0 Å². The normalized spacial score (nSPS) is 24.8. The van der Waals surface area contributed by atoms with Gasteiger partial charge in [-0.15, -0.1) is 0 Å². The SMILES string of the molecule is C1=C(c2ccccc2)C=C2C3=CC(c4ccccc4)=CC4CNCCOCCOCCNCC1N2CNCCOCCOCCNCN34. The molecule has 2 unspecified atom stereocenters. The molecule has 10 heteroatoms. The van der Waals surface area contributed by atoms with Crippen LogP contribution < -0.4 is 21.3 Å². The van der Waals surface area contributed by atoms with Crippen molar-refractivity contribution in [3.8, 4) is 0 Å². The van der Waals surface area contributed by atoms with Crippen LogP contribution in [0, 0.1) is 0 Å². The fraction of sp³-hybridized carbons (Fsp3) is 0.474. The zero-order valence-corrected chi connectivity index (χ0v) is 28.1. The Morgan fingerprint density at radius 1 is 0.458 bits per heavy atom. The second-order valence-electron chi connectivity index (χ2n) is 12.3. The zero-order valence-electron chi connectivity index (χ0n) is 28.1. The molecule has 0 saturated carbocycles. The molecule has 6 rings (SSSR count). The quantitative estimate of drug-likeness (QED) is 0.387. The number of hydrogen-bond acceptors (Lipinski definition) is 10. The molecule has 2 atom stereocenters. The number of benzene rings is 2. The van der Waals surface area contributed by atoms with Crippen LogP contribution in [-0.4, -0.2) is 127 Å². The summed E-state index contributed by atoms with van der Waals surface area (Å²) in [6.07, 6.45) is 9.57. The molecule has 2 aromatic rings. The van der Waals surface area contributed by atoms with Crippen molar-refractivity contribution in [3.63, 3.8) is 0 Å². The molecule has 48 heavy (non-hydrogen) atoms. The average molecular weight is 657 g/mol. The molecule has 0 amide bonds. The zero-order chi connectivity index (χ0) is 32.6. The molecule has 4 N–H and O–H groups in total. The molecular formula is C38H52N6O4. The third kappa shape index (κ3) is 9.87. The van der Waals surface area contributed by atoms with E-state index in [4.69, 9.17) is 18.9 Å². The third-order valence-electron chi connectivity index (χ3n) is 8.93. The molecule has 4 heterocycles. The van der Waals surface area contributed by atoms with Gasteiger partial charge in [0.25, 0.3) is 0 Å². The second kappa shape index (κ2) is 19.0. The van der Waals surface area contributed by atoms with E-state index in [1.807, 2.05) is 0 Å². The van der Waals surface area contributed by atoms with Crippen molar-refractivity contribution >= 4 is 11.1 Å². The Bertz CT molecular complexity index is 1280. The standard InChI is InChI=1S/C38H52N6O4/c1-3-7-31(8-4-1)33-23-35-27-39-11-15-45-19-20-46-16-12-40-28-36-24-34(32-9-5-2-6-10-32)26-38-37(25-33)43(35)29-41-13-17-47-21-22-48-18-14-42-30-44(36)38/h1-10,23-26,35-36,39-42H,11-22,27-30H2. The van der Waals surface area contributed by atoms with Gasteiger partial charge < -0.3 is 39.4 Å². The molecular weight excluding hydrogens is 604 g/mol. The molecule has 6 bridgehead atoms. The first kappa shape index (κ1) is 34.5. The molecule has 0 spiro atoms. The van der Waals surface area contributed by atoms with E-state index in [1.165, 1.54) is 33.7 Å². The number of nitrogens with zero attached hydrogens (tertiary/aromatic N) is 2. The van der Waals surface area contributed by atoms with E-state index in [0.717, 1.165) is 39.3 Å². The van der Waals surface area contributed by atoms with Crippen molar-refractivity contribution < 1.29 is 18.9 Å². The van der Waals surface area contributed by atoms with Gasteiger partial charge in [-0.25, -0.2) is 0 Å². The van der Waals surface area contributed by atoms with Crippen molar-refractivity contribution in [1.29, 1.82) is 0 Å². The van der Waals surface area contributed by atoms with Gasteiger partial charge in [0.1, 0.15) is 0 Å². The largest absolute Gasteiger partial charge is 0.378 e. The van der Waals surface area contributed by atoms with Crippen molar-refractivity contribution in [2.75, 3.05) is 105 Å². The van der Waals surface area contributed by atoms with Crippen molar-refractivity contribution in [2.45, 2.75) is 12.1 Å². The van der Waals surface area contributed by atoms with E-state index < -0.39 is 0 Å². The lowest BCUT2D eigenvalue weighted by Crippen LogP contribution is -2.52. The number of hydrogen-bond donors (Lipinski definition) is 4. The summed E-state index contributed by atoms with van der Waals surface area (Å²) in [6.45, 7) is 10.9. The first-order chi connectivity index (χ1) is 23.9. The van der Waals surface area contributed by atoms with E-state index >= 15 is 0 Å². The van der Waals surface area contributed by atoms with Crippen LogP contribution in [0.1, 0.15) is 11.1 Å². The predicted octanol–water partition coefficient (Wildman–Crippen LogP) is 2.66. The Morgan fingerprint density at radius 2 is 0.833 bits per heavy atom. The average Bonchev–Trinajstić information content (AvgIpc) is 3.12. The summed E-state index contributed by atoms with van der Waals surface area (Å²) in [5.41, 5.74) is 7.25. The predicted molar refractivity (Wildman–Crippen MR) is 191 cm³/mol. The molecule has 4 aliphatic rings.